The van der Waals surface area contributed by atoms with E-state index in [1.807, 2.05) is 31.2 Å². The van der Waals surface area contributed by atoms with Crippen LogP contribution in [0, 0.1) is 0 Å². The lowest BCUT2D eigenvalue weighted by atomic mass is 10.2. The Morgan fingerprint density at radius 3 is 2.35 bits per heavy atom. The van der Waals surface area contributed by atoms with Crippen LogP contribution in [0.1, 0.15) is 18.9 Å². The van der Waals surface area contributed by atoms with E-state index in [1.54, 1.807) is 0 Å². The van der Waals surface area contributed by atoms with Gasteiger partial charge in [0.1, 0.15) is 6.61 Å². The molecule has 0 aliphatic rings. The van der Waals surface area contributed by atoms with E-state index in [9.17, 15) is 13.2 Å². The highest BCUT2D eigenvalue weighted by Crippen LogP contribution is 2.16. The molecular weight excluding hydrogens is 269 g/mol. The van der Waals surface area contributed by atoms with Crippen LogP contribution in [-0.4, -0.2) is 32.5 Å². The average molecular weight is 290 g/mol. The Labute approximate surface area is 117 Å². The van der Waals surface area contributed by atoms with E-state index in [0.29, 0.717) is 19.5 Å². The quantitative estimate of drug-likeness (QED) is 0.748. The van der Waals surface area contributed by atoms with Crippen molar-refractivity contribution in [2.24, 2.45) is 5.73 Å². The predicted octanol–water partition coefficient (Wildman–Crippen LogP) is 2.94. The van der Waals surface area contributed by atoms with Crippen molar-refractivity contribution in [3.8, 4) is 0 Å². The summed E-state index contributed by atoms with van der Waals surface area (Å²) in [6.07, 6.45) is -3.69. The molecule has 114 valence electrons. The van der Waals surface area contributed by atoms with E-state index >= 15 is 0 Å². The third-order valence-electron chi connectivity index (χ3n) is 2.90. The third kappa shape index (κ3) is 6.25. The van der Waals surface area contributed by atoms with Crippen molar-refractivity contribution in [2.75, 3.05) is 31.2 Å². The SMILES string of the molecule is CCN(CCCOCC(F)(F)F)c1ccc(CN)cc1. The lowest BCUT2D eigenvalue weighted by Gasteiger charge is -2.23. The second-order valence-electron chi connectivity index (χ2n) is 4.47. The van der Waals surface area contributed by atoms with Crippen molar-refractivity contribution in [1.82, 2.24) is 0 Å². The van der Waals surface area contributed by atoms with Gasteiger partial charge in [-0.2, -0.15) is 13.2 Å². The van der Waals surface area contributed by atoms with Gasteiger partial charge >= 0.3 is 6.18 Å². The maximum absolute atomic E-state index is 11.9. The van der Waals surface area contributed by atoms with Gasteiger partial charge in [0, 0.05) is 31.9 Å². The highest BCUT2D eigenvalue weighted by molar-refractivity contribution is 5.47. The first-order valence-corrected chi connectivity index (χ1v) is 6.64. The number of alkyl halides is 3. The summed E-state index contributed by atoms with van der Waals surface area (Å²) in [6.45, 7) is 2.89. The number of hydrogen-bond donors (Lipinski definition) is 1. The largest absolute Gasteiger partial charge is 0.411 e. The molecule has 1 aromatic rings. The molecule has 1 rings (SSSR count). The second kappa shape index (κ2) is 8.11. The molecule has 0 radical (unpaired) electrons. The lowest BCUT2D eigenvalue weighted by molar-refractivity contribution is -0.173. The molecular formula is C14H21F3N2O. The molecule has 1 aromatic carbocycles. The van der Waals surface area contributed by atoms with Gasteiger partial charge in [0.2, 0.25) is 0 Å². The summed E-state index contributed by atoms with van der Waals surface area (Å²) in [6, 6.07) is 7.86. The van der Waals surface area contributed by atoms with E-state index in [1.165, 1.54) is 0 Å². The van der Waals surface area contributed by atoms with Crippen LogP contribution in [0.4, 0.5) is 18.9 Å². The molecule has 0 aliphatic carbocycles. The van der Waals surface area contributed by atoms with E-state index in [0.717, 1.165) is 17.8 Å². The summed E-state index contributed by atoms with van der Waals surface area (Å²) in [4.78, 5) is 2.09. The molecule has 0 aliphatic heterocycles. The molecule has 3 nitrogen and oxygen atoms in total. The molecule has 6 heteroatoms. The van der Waals surface area contributed by atoms with Crippen LogP contribution in [0.3, 0.4) is 0 Å². The normalized spacial score (nSPS) is 11.7. The maximum atomic E-state index is 11.9. The Kier molecular flexibility index (Phi) is 6.81. The zero-order valence-corrected chi connectivity index (χ0v) is 11.6. The summed E-state index contributed by atoms with van der Waals surface area (Å²) in [5, 5.41) is 0. The number of rotatable bonds is 8. The van der Waals surface area contributed by atoms with E-state index in [-0.39, 0.29) is 6.61 Å². The van der Waals surface area contributed by atoms with Gasteiger partial charge in [-0.1, -0.05) is 12.1 Å². The van der Waals surface area contributed by atoms with Crippen molar-refractivity contribution in [3.05, 3.63) is 29.8 Å². The van der Waals surface area contributed by atoms with Crippen LogP contribution in [0.5, 0.6) is 0 Å². The Balaban J connectivity index is 2.35. The Morgan fingerprint density at radius 2 is 1.85 bits per heavy atom. The number of hydrogen-bond acceptors (Lipinski definition) is 3. The maximum Gasteiger partial charge on any atom is 0.411 e. The van der Waals surface area contributed by atoms with Gasteiger partial charge < -0.3 is 15.4 Å². The molecule has 0 fully saturated rings. The number of halogens is 3. The van der Waals surface area contributed by atoms with Crippen molar-refractivity contribution in [2.45, 2.75) is 26.1 Å². The fourth-order valence-electron chi connectivity index (χ4n) is 1.86. The predicted molar refractivity (Wildman–Crippen MR) is 73.7 cm³/mol. The second-order valence-corrected chi connectivity index (χ2v) is 4.47. The topological polar surface area (TPSA) is 38.5 Å². The van der Waals surface area contributed by atoms with Crippen LogP contribution < -0.4 is 10.6 Å². The molecule has 0 spiro atoms. The standard InChI is InChI=1S/C14H21F3N2O/c1-2-19(8-3-9-20-11-14(15,16)17)13-6-4-12(10-18)5-7-13/h4-7H,2-3,8-11,18H2,1H3. The molecule has 0 atom stereocenters. The summed E-state index contributed by atoms with van der Waals surface area (Å²) in [5.74, 6) is 0. The Morgan fingerprint density at radius 1 is 1.20 bits per heavy atom. The van der Waals surface area contributed by atoms with E-state index in [4.69, 9.17) is 5.73 Å². The number of benzene rings is 1. The van der Waals surface area contributed by atoms with Gasteiger partial charge in [-0.05, 0) is 31.0 Å². The number of ether oxygens (including phenoxy) is 1. The van der Waals surface area contributed by atoms with Crippen molar-refractivity contribution in [1.29, 1.82) is 0 Å². The fraction of sp³-hybridized carbons (Fsp3) is 0.571. The minimum atomic E-state index is -4.25. The zero-order chi connectivity index (χ0) is 15.0. The molecule has 0 unspecified atom stereocenters. The average Bonchev–Trinajstić information content (AvgIpc) is 2.42. The molecule has 0 saturated carbocycles. The van der Waals surface area contributed by atoms with Gasteiger partial charge in [-0.3, -0.25) is 0 Å². The van der Waals surface area contributed by atoms with Gasteiger partial charge in [0.05, 0.1) is 0 Å². The number of nitrogens with zero attached hydrogens (tertiary/aromatic N) is 1. The highest BCUT2D eigenvalue weighted by Gasteiger charge is 2.27. The summed E-state index contributed by atoms with van der Waals surface area (Å²) >= 11 is 0. The molecule has 0 bridgehead atoms. The zero-order valence-electron chi connectivity index (χ0n) is 11.6. The Bertz CT molecular complexity index is 379. The number of nitrogens with two attached hydrogens (primary N) is 1. The first-order valence-electron chi connectivity index (χ1n) is 6.64. The minimum absolute atomic E-state index is 0.108. The first-order chi connectivity index (χ1) is 9.46. The molecule has 2 N–H and O–H groups in total. The monoisotopic (exact) mass is 290 g/mol. The van der Waals surface area contributed by atoms with Crippen molar-refractivity contribution in [3.63, 3.8) is 0 Å². The summed E-state index contributed by atoms with van der Waals surface area (Å²) in [5.41, 5.74) is 7.63. The van der Waals surface area contributed by atoms with Crippen LogP contribution in [0.15, 0.2) is 24.3 Å². The van der Waals surface area contributed by atoms with Crippen LogP contribution in [0.2, 0.25) is 0 Å². The van der Waals surface area contributed by atoms with Crippen LogP contribution >= 0.6 is 0 Å². The Hall–Kier alpha value is -1.27. The van der Waals surface area contributed by atoms with E-state index < -0.39 is 12.8 Å². The number of anilines is 1. The van der Waals surface area contributed by atoms with Crippen LogP contribution in [0.25, 0.3) is 0 Å². The highest BCUT2D eigenvalue weighted by atomic mass is 19.4. The molecule has 20 heavy (non-hydrogen) atoms. The molecule has 0 amide bonds. The third-order valence-corrected chi connectivity index (χ3v) is 2.90. The summed E-state index contributed by atoms with van der Waals surface area (Å²) in [7, 11) is 0. The summed E-state index contributed by atoms with van der Waals surface area (Å²) < 4.78 is 40.3. The molecule has 0 heterocycles. The van der Waals surface area contributed by atoms with Gasteiger partial charge in [-0.25, -0.2) is 0 Å². The van der Waals surface area contributed by atoms with Crippen molar-refractivity contribution < 1.29 is 17.9 Å². The molecule has 0 saturated heterocycles. The van der Waals surface area contributed by atoms with Crippen LogP contribution in [-0.2, 0) is 11.3 Å². The molecule has 0 aromatic heterocycles. The van der Waals surface area contributed by atoms with E-state index in [2.05, 4.69) is 9.64 Å². The smallest absolute Gasteiger partial charge is 0.372 e. The van der Waals surface area contributed by atoms with Gasteiger partial charge in [-0.15, -0.1) is 0 Å². The van der Waals surface area contributed by atoms with Gasteiger partial charge in [0.15, 0.2) is 0 Å². The van der Waals surface area contributed by atoms with Gasteiger partial charge in [0.25, 0.3) is 0 Å². The fourth-order valence-corrected chi connectivity index (χ4v) is 1.86. The van der Waals surface area contributed by atoms with Crippen molar-refractivity contribution >= 4 is 5.69 Å². The lowest BCUT2D eigenvalue weighted by Crippen LogP contribution is -2.25. The minimum Gasteiger partial charge on any atom is -0.372 e. The first kappa shape index (κ1) is 16.8.